The molecule has 0 fully saturated rings. The lowest BCUT2D eigenvalue weighted by atomic mass is 10.1. The van der Waals surface area contributed by atoms with Crippen LogP contribution in [0.1, 0.15) is 30.8 Å². The van der Waals surface area contributed by atoms with E-state index >= 15 is 0 Å². The van der Waals surface area contributed by atoms with Gasteiger partial charge in [0.05, 0.1) is 18.8 Å². The molecule has 0 aliphatic rings. The van der Waals surface area contributed by atoms with Crippen molar-refractivity contribution in [3.63, 3.8) is 0 Å². The number of aromatic nitrogens is 2. The summed E-state index contributed by atoms with van der Waals surface area (Å²) in [7, 11) is 0. The van der Waals surface area contributed by atoms with Crippen LogP contribution in [-0.2, 0) is 22.5 Å². The molecule has 96 valence electrons. The lowest BCUT2D eigenvalue weighted by Crippen LogP contribution is -2.37. The first-order valence-corrected chi connectivity index (χ1v) is 5.96. The van der Waals surface area contributed by atoms with Gasteiger partial charge < -0.3 is 10.5 Å². The van der Waals surface area contributed by atoms with Crippen molar-refractivity contribution in [2.24, 2.45) is 5.73 Å². The van der Waals surface area contributed by atoms with Crippen LogP contribution in [0.3, 0.4) is 0 Å². The summed E-state index contributed by atoms with van der Waals surface area (Å²) < 4.78 is 6.66. The monoisotopic (exact) mass is 239 g/mol. The van der Waals surface area contributed by atoms with Crippen molar-refractivity contribution in [3.05, 3.63) is 17.0 Å². The topological polar surface area (TPSA) is 70.1 Å². The number of nitrogens with two attached hydrogens (primary N) is 1. The fourth-order valence-electron chi connectivity index (χ4n) is 1.93. The van der Waals surface area contributed by atoms with Crippen LogP contribution in [0.2, 0.25) is 0 Å². The highest BCUT2D eigenvalue weighted by Crippen LogP contribution is 2.13. The quantitative estimate of drug-likeness (QED) is 0.777. The second kappa shape index (κ2) is 5.82. The molecule has 5 nitrogen and oxygen atoms in total. The Morgan fingerprint density at radius 1 is 1.47 bits per heavy atom. The third-order valence-electron chi connectivity index (χ3n) is 2.84. The van der Waals surface area contributed by atoms with Gasteiger partial charge in [0, 0.05) is 5.69 Å². The molecule has 1 atom stereocenters. The second-order valence-corrected chi connectivity index (χ2v) is 4.04. The summed E-state index contributed by atoms with van der Waals surface area (Å²) in [6, 6.07) is -0.655. The van der Waals surface area contributed by atoms with Crippen molar-refractivity contribution in [1.29, 1.82) is 0 Å². The Kier molecular flexibility index (Phi) is 4.69. The van der Waals surface area contributed by atoms with Crippen LogP contribution in [0.5, 0.6) is 0 Å². The van der Waals surface area contributed by atoms with Gasteiger partial charge in [0.1, 0.15) is 6.04 Å². The molecule has 1 aromatic heterocycles. The number of nitrogens with zero attached hydrogens (tertiary/aromatic N) is 2. The van der Waals surface area contributed by atoms with Crippen LogP contribution in [0.4, 0.5) is 0 Å². The van der Waals surface area contributed by atoms with Gasteiger partial charge in [-0.2, -0.15) is 5.10 Å². The minimum atomic E-state index is -0.655. The molecule has 0 saturated carbocycles. The minimum absolute atomic E-state index is 0.351. The van der Waals surface area contributed by atoms with E-state index in [9.17, 15) is 4.79 Å². The molecule has 1 unspecified atom stereocenters. The third kappa shape index (κ3) is 3.06. The van der Waals surface area contributed by atoms with Crippen molar-refractivity contribution >= 4 is 5.97 Å². The second-order valence-electron chi connectivity index (χ2n) is 4.04. The molecule has 0 bridgehead atoms. The van der Waals surface area contributed by atoms with Crippen molar-refractivity contribution < 1.29 is 9.53 Å². The lowest BCUT2D eigenvalue weighted by molar-refractivity contribution is -0.145. The molecule has 17 heavy (non-hydrogen) atoms. The average Bonchev–Trinajstić information content (AvgIpc) is 2.54. The van der Waals surface area contributed by atoms with Crippen molar-refractivity contribution in [2.75, 3.05) is 6.61 Å². The van der Waals surface area contributed by atoms with E-state index in [1.165, 1.54) is 5.56 Å². The highest BCUT2D eigenvalue weighted by molar-refractivity contribution is 5.75. The number of esters is 1. The van der Waals surface area contributed by atoms with Crippen LogP contribution in [0, 0.1) is 13.8 Å². The summed E-state index contributed by atoms with van der Waals surface area (Å²) >= 11 is 0. The highest BCUT2D eigenvalue weighted by Gasteiger charge is 2.18. The van der Waals surface area contributed by atoms with E-state index in [4.69, 9.17) is 10.5 Å². The van der Waals surface area contributed by atoms with Crippen LogP contribution in [-0.4, -0.2) is 28.4 Å². The van der Waals surface area contributed by atoms with Gasteiger partial charge >= 0.3 is 5.97 Å². The van der Waals surface area contributed by atoms with Gasteiger partial charge in [-0.1, -0.05) is 6.92 Å². The lowest BCUT2D eigenvalue weighted by Gasteiger charge is -2.11. The summed E-state index contributed by atoms with van der Waals surface area (Å²) in [5.74, 6) is -0.377. The van der Waals surface area contributed by atoms with Gasteiger partial charge in [-0.3, -0.25) is 9.48 Å². The smallest absolute Gasteiger partial charge is 0.324 e. The molecule has 2 N–H and O–H groups in total. The van der Waals surface area contributed by atoms with Gasteiger partial charge in [-0.15, -0.1) is 0 Å². The summed E-state index contributed by atoms with van der Waals surface area (Å²) in [4.78, 5) is 11.4. The molecule has 0 saturated heterocycles. The van der Waals surface area contributed by atoms with Crippen LogP contribution < -0.4 is 5.73 Å². The molecular formula is C12H21N3O2. The zero-order valence-electron chi connectivity index (χ0n) is 11.0. The zero-order valence-corrected chi connectivity index (χ0v) is 11.0. The maximum atomic E-state index is 11.4. The fourth-order valence-corrected chi connectivity index (χ4v) is 1.93. The van der Waals surface area contributed by atoms with Crippen LogP contribution in [0.15, 0.2) is 0 Å². The number of ether oxygens (including phenoxy) is 1. The maximum absolute atomic E-state index is 11.4. The normalized spacial score (nSPS) is 12.5. The van der Waals surface area contributed by atoms with Crippen molar-refractivity contribution in [2.45, 2.75) is 46.7 Å². The largest absolute Gasteiger partial charge is 0.465 e. The molecule has 0 radical (unpaired) electrons. The van der Waals surface area contributed by atoms with Crippen molar-refractivity contribution in [3.8, 4) is 0 Å². The first-order valence-electron chi connectivity index (χ1n) is 5.96. The Bertz CT molecular complexity index is 399. The Balaban J connectivity index is 2.78. The number of rotatable bonds is 5. The van der Waals surface area contributed by atoms with E-state index in [2.05, 4.69) is 12.0 Å². The Hall–Kier alpha value is -1.36. The zero-order chi connectivity index (χ0) is 13.0. The van der Waals surface area contributed by atoms with Gasteiger partial charge in [0.2, 0.25) is 0 Å². The molecule has 0 spiro atoms. The number of hydrogen-bond donors (Lipinski definition) is 1. The van der Waals surface area contributed by atoms with E-state index in [1.54, 1.807) is 11.6 Å². The molecule has 1 heterocycles. The number of carbonyl (C=O) groups is 1. The van der Waals surface area contributed by atoms with Gasteiger partial charge in [-0.05, 0) is 32.8 Å². The van der Waals surface area contributed by atoms with E-state index in [0.717, 1.165) is 17.8 Å². The minimum Gasteiger partial charge on any atom is -0.465 e. The molecular weight excluding hydrogens is 218 g/mol. The Morgan fingerprint density at radius 3 is 2.59 bits per heavy atom. The Morgan fingerprint density at radius 2 is 2.12 bits per heavy atom. The molecule has 0 aliphatic heterocycles. The summed E-state index contributed by atoms with van der Waals surface area (Å²) in [6.45, 7) is 8.54. The molecule has 0 amide bonds. The van der Waals surface area contributed by atoms with Gasteiger partial charge in [0.25, 0.3) is 0 Å². The van der Waals surface area contributed by atoms with E-state index < -0.39 is 6.04 Å². The first-order chi connectivity index (χ1) is 8.01. The molecule has 0 aromatic carbocycles. The van der Waals surface area contributed by atoms with Crippen LogP contribution in [0.25, 0.3) is 0 Å². The van der Waals surface area contributed by atoms with E-state index in [-0.39, 0.29) is 5.97 Å². The van der Waals surface area contributed by atoms with Crippen molar-refractivity contribution in [1.82, 2.24) is 9.78 Å². The molecule has 1 rings (SSSR count). The Labute approximate surface area is 102 Å². The maximum Gasteiger partial charge on any atom is 0.324 e. The SMILES string of the molecule is CCOC(=O)C(N)Cn1nc(C)c(CC)c1C. The van der Waals surface area contributed by atoms with E-state index in [1.807, 2.05) is 13.8 Å². The summed E-state index contributed by atoms with van der Waals surface area (Å²) in [6.07, 6.45) is 0.937. The molecule has 0 aliphatic carbocycles. The van der Waals surface area contributed by atoms with E-state index in [0.29, 0.717) is 13.2 Å². The summed E-state index contributed by atoms with van der Waals surface area (Å²) in [5, 5.41) is 4.39. The predicted molar refractivity (Wildman–Crippen MR) is 65.7 cm³/mol. The number of hydrogen-bond acceptors (Lipinski definition) is 4. The number of aryl methyl sites for hydroxylation is 1. The first kappa shape index (κ1) is 13.7. The highest BCUT2D eigenvalue weighted by atomic mass is 16.5. The number of carbonyl (C=O) groups excluding carboxylic acids is 1. The predicted octanol–water partition coefficient (Wildman–Crippen LogP) is 0.953. The summed E-state index contributed by atoms with van der Waals surface area (Å²) in [5.41, 5.74) is 9.07. The molecule has 5 heteroatoms. The molecule has 1 aromatic rings. The third-order valence-corrected chi connectivity index (χ3v) is 2.84. The average molecular weight is 239 g/mol. The van der Waals surface area contributed by atoms with Gasteiger partial charge in [-0.25, -0.2) is 0 Å². The van der Waals surface area contributed by atoms with Crippen LogP contribution >= 0.6 is 0 Å². The standard InChI is InChI=1S/C12H21N3O2/c1-5-10-8(3)14-15(9(10)4)7-11(13)12(16)17-6-2/h11H,5-7,13H2,1-4H3. The fraction of sp³-hybridized carbons (Fsp3) is 0.667. The van der Waals surface area contributed by atoms with Gasteiger partial charge in [0.15, 0.2) is 0 Å².